The summed E-state index contributed by atoms with van der Waals surface area (Å²) in [6.07, 6.45) is 0.517. The maximum absolute atomic E-state index is 12.5. The number of para-hydroxylation sites is 1. The molecule has 1 aromatic carbocycles. The van der Waals surface area contributed by atoms with Gasteiger partial charge in [0.05, 0.1) is 12.4 Å². The van der Waals surface area contributed by atoms with Crippen molar-refractivity contribution in [3.8, 4) is 0 Å². The van der Waals surface area contributed by atoms with E-state index >= 15 is 0 Å². The van der Waals surface area contributed by atoms with Crippen LogP contribution in [0.3, 0.4) is 0 Å². The number of carbonyl (C=O) groups excluding carboxylic acids is 1. The Morgan fingerprint density at radius 3 is 2.55 bits per heavy atom. The molecule has 1 unspecified atom stereocenters. The zero-order valence-corrected chi connectivity index (χ0v) is 17.6. The van der Waals surface area contributed by atoms with Gasteiger partial charge in [0.2, 0.25) is 15.9 Å². The summed E-state index contributed by atoms with van der Waals surface area (Å²) in [7, 11) is -3.16. The van der Waals surface area contributed by atoms with Crippen LogP contribution < -0.4 is 15.5 Å². The van der Waals surface area contributed by atoms with Gasteiger partial charge in [0.25, 0.3) is 0 Å². The van der Waals surface area contributed by atoms with Crippen LogP contribution in [0.15, 0.2) is 30.3 Å². The number of aliphatic hydroxyl groups excluding tert-OH is 1. The molecule has 2 saturated heterocycles. The van der Waals surface area contributed by atoms with E-state index in [0.29, 0.717) is 39.3 Å². The molecule has 3 N–H and O–H groups in total. The molecule has 29 heavy (non-hydrogen) atoms. The maximum Gasteiger partial charge on any atom is 0.239 e. The number of hydrogen-bond acceptors (Lipinski definition) is 7. The van der Waals surface area contributed by atoms with Gasteiger partial charge in [0.1, 0.15) is 6.04 Å². The van der Waals surface area contributed by atoms with Crippen LogP contribution >= 0.6 is 0 Å². The highest BCUT2D eigenvalue weighted by Gasteiger charge is 2.27. The topological polar surface area (TPSA) is 105 Å². The van der Waals surface area contributed by atoms with Gasteiger partial charge in [0.15, 0.2) is 0 Å². The summed E-state index contributed by atoms with van der Waals surface area (Å²) in [5.74, 6) is -0.119. The van der Waals surface area contributed by atoms with Crippen LogP contribution in [-0.4, -0.2) is 106 Å². The molecule has 1 aromatic rings. The lowest BCUT2D eigenvalue weighted by Crippen LogP contribution is -2.58. The quantitative estimate of drug-likeness (QED) is 0.489. The van der Waals surface area contributed by atoms with E-state index < -0.39 is 16.1 Å². The van der Waals surface area contributed by atoms with Gasteiger partial charge in [-0.05, 0) is 12.1 Å². The molecule has 2 atom stereocenters. The molecule has 1 amide bonds. The first kappa shape index (κ1) is 22.0. The fourth-order valence-electron chi connectivity index (χ4n) is 3.75. The number of benzene rings is 1. The van der Waals surface area contributed by atoms with E-state index in [0.717, 1.165) is 18.8 Å². The lowest BCUT2D eigenvalue weighted by atomic mass is 10.1. The molecule has 162 valence electrons. The number of piperazine rings is 2. The molecule has 2 aliphatic rings. The molecule has 0 aliphatic carbocycles. The number of amides is 1. The van der Waals surface area contributed by atoms with Crippen LogP contribution in [0.1, 0.15) is 0 Å². The second-order valence-electron chi connectivity index (χ2n) is 7.65. The summed E-state index contributed by atoms with van der Waals surface area (Å²) in [5.41, 5.74) is 1.10. The first-order valence-corrected chi connectivity index (χ1v) is 11.8. The molecule has 2 fully saturated rings. The summed E-state index contributed by atoms with van der Waals surface area (Å²) in [5, 5.41) is 16.4. The van der Waals surface area contributed by atoms with Crippen LogP contribution in [0.4, 0.5) is 5.69 Å². The van der Waals surface area contributed by atoms with E-state index in [2.05, 4.69) is 15.5 Å². The van der Waals surface area contributed by atoms with Gasteiger partial charge >= 0.3 is 0 Å². The van der Waals surface area contributed by atoms with Gasteiger partial charge in [-0.25, -0.2) is 8.42 Å². The van der Waals surface area contributed by atoms with Crippen LogP contribution in [0.25, 0.3) is 0 Å². The van der Waals surface area contributed by atoms with Gasteiger partial charge in [-0.2, -0.15) is 4.31 Å². The Bertz CT molecular complexity index is 768. The molecule has 2 aliphatic heterocycles. The lowest BCUT2D eigenvalue weighted by molar-refractivity contribution is -0.123. The minimum atomic E-state index is -3.16. The molecule has 3 rings (SSSR count). The minimum Gasteiger partial charge on any atom is -0.390 e. The monoisotopic (exact) mass is 425 g/mol. The van der Waals surface area contributed by atoms with Crippen LogP contribution in [0.5, 0.6) is 0 Å². The van der Waals surface area contributed by atoms with Crippen molar-refractivity contribution >= 4 is 21.6 Å². The third-order valence-electron chi connectivity index (χ3n) is 5.39. The van der Waals surface area contributed by atoms with Crippen LogP contribution in [0.2, 0.25) is 0 Å². The van der Waals surface area contributed by atoms with Gasteiger partial charge in [-0.15, -0.1) is 0 Å². The number of sulfonamides is 1. The normalized spacial score (nSPS) is 23.0. The highest BCUT2D eigenvalue weighted by molar-refractivity contribution is 7.88. The standard InChI is InChI=1S/C19H31N5O4S/c1-29(27,28)24-11-9-22(10-12-24)14-17(25)13-21-19(26)18-15-23(8-7-20-18)16-5-3-2-4-6-16/h2-6,17-18,20,25H,7-15H2,1H3,(H,21,26)/t17-,18?/m1/s1. The fraction of sp³-hybridized carbons (Fsp3) is 0.632. The molecule has 9 nitrogen and oxygen atoms in total. The highest BCUT2D eigenvalue weighted by Crippen LogP contribution is 2.15. The summed E-state index contributed by atoms with van der Waals surface area (Å²) in [4.78, 5) is 16.7. The first-order chi connectivity index (χ1) is 13.8. The number of hydrogen-bond donors (Lipinski definition) is 3. The van der Waals surface area contributed by atoms with E-state index in [4.69, 9.17) is 0 Å². The zero-order valence-electron chi connectivity index (χ0n) is 16.8. The van der Waals surface area contributed by atoms with Crippen molar-refractivity contribution in [2.45, 2.75) is 12.1 Å². The average Bonchev–Trinajstić information content (AvgIpc) is 2.72. The third-order valence-corrected chi connectivity index (χ3v) is 6.70. The number of carbonyl (C=O) groups is 1. The smallest absolute Gasteiger partial charge is 0.239 e. The summed E-state index contributed by atoms with van der Waals surface area (Å²) < 4.78 is 24.6. The predicted octanol–water partition coefficient (Wildman–Crippen LogP) is -1.48. The van der Waals surface area contributed by atoms with Crippen molar-refractivity contribution in [1.82, 2.24) is 19.8 Å². The van der Waals surface area contributed by atoms with Gasteiger partial charge in [0, 0.05) is 64.6 Å². The second-order valence-corrected chi connectivity index (χ2v) is 9.63. The first-order valence-electron chi connectivity index (χ1n) is 9.99. The average molecular weight is 426 g/mol. The van der Waals surface area contributed by atoms with Crippen molar-refractivity contribution in [2.75, 3.05) is 70.1 Å². The summed E-state index contributed by atoms with van der Waals surface area (Å²) in [6.45, 7) is 4.75. The van der Waals surface area contributed by atoms with Crippen molar-refractivity contribution in [3.63, 3.8) is 0 Å². The SMILES string of the molecule is CS(=O)(=O)N1CCN(C[C@H](O)CNC(=O)C2CN(c3ccccc3)CCN2)CC1. The molecular weight excluding hydrogens is 394 g/mol. The number of rotatable bonds is 7. The summed E-state index contributed by atoms with van der Waals surface area (Å²) >= 11 is 0. The van der Waals surface area contributed by atoms with E-state index in [-0.39, 0.29) is 18.5 Å². The van der Waals surface area contributed by atoms with E-state index in [1.165, 1.54) is 10.6 Å². The molecule has 0 saturated carbocycles. The Morgan fingerprint density at radius 2 is 1.90 bits per heavy atom. The minimum absolute atomic E-state index is 0.119. The molecule has 0 aromatic heterocycles. The third kappa shape index (κ3) is 6.38. The molecular formula is C19H31N5O4S. The van der Waals surface area contributed by atoms with Gasteiger partial charge < -0.3 is 20.6 Å². The number of aliphatic hydroxyl groups is 1. The Hall–Kier alpha value is -1.72. The van der Waals surface area contributed by atoms with Gasteiger partial charge in [-0.1, -0.05) is 18.2 Å². The molecule has 0 bridgehead atoms. The predicted molar refractivity (Wildman–Crippen MR) is 112 cm³/mol. The molecule has 0 spiro atoms. The fourth-order valence-corrected chi connectivity index (χ4v) is 4.57. The highest BCUT2D eigenvalue weighted by atomic mass is 32.2. The number of nitrogens with zero attached hydrogens (tertiary/aromatic N) is 3. The Labute approximate surface area is 172 Å². The number of nitrogens with one attached hydrogen (secondary N) is 2. The zero-order chi connectivity index (χ0) is 20.9. The van der Waals surface area contributed by atoms with E-state index in [1.807, 2.05) is 35.2 Å². The number of β-amino-alcohol motifs (C(OH)–C–C–N with tert-alkyl or cyclic N) is 1. The molecule has 0 radical (unpaired) electrons. The van der Waals surface area contributed by atoms with Crippen molar-refractivity contribution in [1.29, 1.82) is 0 Å². The van der Waals surface area contributed by atoms with E-state index in [1.54, 1.807) is 0 Å². The van der Waals surface area contributed by atoms with Crippen molar-refractivity contribution in [2.24, 2.45) is 0 Å². The molecule has 2 heterocycles. The largest absolute Gasteiger partial charge is 0.390 e. The molecule has 10 heteroatoms. The van der Waals surface area contributed by atoms with Crippen molar-refractivity contribution < 1.29 is 18.3 Å². The van der Waals surface area contributed by atoms with Crippen molar-refractivity contribution in [3.05, 3.63) is 30.3 Å². The van der Waals surface area contributed by atoms with Crippen LogP contribution in [-0.2, 0) is 14.8 Å². The Kier molecular flexibility index (Phi) is 7.47. The Morgan fingerprint density at radius 1 is 1.21 bits per heavy atom. The Balaban J connectivity index is 1.40. The van der Waals surface area contributed by atoms with Crippen LogP contribution in [0, 0.1) is 0 Å². The lowest BCUT2D eigenvalue weighted by Gasteiger charge is -2.35. The number of anilines is 1. The summed E-state index contributed by atoms with van der Waals surface area (Å²) in [6, 6.07) is 9.69. The second kappa shape index (κ2) is 9.86. The van der Waals surface area contributed by atoms with E-state index in [9.17, 15) is 18.3 Å². The van der Waals surface area contributed by atoms with Gasteiger partial charge in [-0.3, -0.25) is 9.69 Å². The maximum atomic E-state index is 12.5.